The molecular weight excluding hydrogens is 357 g/mol. The van der Waals surface area contributed by atoms with Crippen LogP contribution >= 0.6 is 27.5 Å². The highest BCUT2D eigenvalue weighted by Crippen LogP contribution is 2.34. The minimum atomic E-state index is -0.362. The molecule has 0 aliphatic heterocycles. The van der Waals surface area contributed by atoms with E-state index < -0.39 is 0 Å². The van der Waals surface area contributed by atoms with Gasteiger partial charge in [0.1, 0.15) is 5.76 Å². The molecule has 0 aliphatic carbocycles. The lowest BCUT2D eigenvalue weighted by Crippen LogP contribution is -2.17. The van der Waals surface area contributed by atoms with Gasteiger partial charge in [0.05, 0.1) is 6.04 Å². The second-order valence-corrected chi connectivity index (χ2v) is 5.99. The van der Waals surface area contributed by atoms with Crippen molar-refractivity contribution in [3.63, 3.8) is 0 Å². The average Bonchev–Trinajstić information content (AvgIpc) is 2.89. The van der Waals surface area contributed by atoms with Crippen molar-refractivity contribution in [2.45, 2.75) is 6.04 Å². The Bertz CT molecular complexity index is 802. The van der Waals surface area contributed by atoms with E-state index in [1.807, 2.05) is 31.3 Å². The van der Waals surface area contributed by atoms with Gasteiger partial charge in [0, 0.05) is 14.9 Å². The van der Waals surface area contributed by atoms with E-state index in [1.165, 1.54) is 6.07 Å². The molecule has 2 nitrogen and oxygen atoms in total. The maximum absolute atomic E-state index is 13.8. The van der Waals surface area contributed by atoms with E-state index in [4.69, 9.17) is 16.0 Å². The van der Waals surface area contributed by atoms with Crippen molar-refractivity contribution in [2.75, 3.05) is 7.05 Å². The summed E-state index contributed by atoms with van der Waals surface area (Å²) in [6.07, 6.45) is 0. The van der Waals surface area contributed by atoms with Crippen LogP contribution in [0, 0.1) is 5.82 Å². The summed E-state index contributed by atoms with van der Waals surface area (Å²) in [5.74, 6) is 0.277. The summed E-state index contributed by atoms with van der Waals surface area (Å²) in [7, 11) is 1.82. The highest BCUT2D eigenvalue weighted by Gasteiger charge is 2.20. The monoisotopic (exact) mass is 367 g/mol. The van der Waals surface area contributed by atoms with Crippen LogP contribution in [0.1, 0.15) is 17.4 Å². The highest BCUT2D eigenvalue weighted by molar-refractivity contribution is 9.10. The topological polar surface area (TPSA) is 25.2 Å². The Kier molecular flexibility index (Phi) is 4.02. The molecule has 1 atom stereocenters. The molecule has 1 aromatic heterocycles. The normalized spacial score (nSPS) is 12.8. The van der Waals surface area contributed by atoms with Gasteiger partial charge in [-0.1, -0.05) is 39.7 Å². The zero-order valence-corrected chi connectivity index (χ0v) is 13.5. The number of fused-ring (bicyclic) bond motifs is 1. The van der Waals surface area contributed by atoms with E-state index in [1.54, 1.807) is 12.1 Å². The van der Waals surface area contributed by atoms with Crippen molar-refractivity contribution >= 4 is 38.5 Å². The molecule has 3 rings (SSSR count). The molecule has 1 heterocycles. The lowest BCUT2D eigenvalue weighted by molar-refractivity contribution is 0.476. The third kappa shape index (κ3) is 2.71. The average molecular weight is 369 g/mol. The molecule has 1 N–H and O–H groups in total. The molecule has 21 heavy (non-hydrogen) atoms. The number of nitrogens with one attached hydrogen (secondary N) is 1. The molecule has 0 amide bonds. The second-order valence-electron chi connectivity index (χ2n) is 4.69. The number of hydrogen-bond donors (Lipinski definition) is 1. The number of hydrogen-bond acceptors (Lipinski definition) is 2. The van der Waals surface area contributed by atoms with Crippen LogP contribution in [0.15, 0.2) is 51.4 Å². The Labute approximate surface area is 135 Å². The van der Waals surface area contributed by atoms with Gasteiger partial charge in [-0.3, -0.25) is 0 Å². The molecule has 0 saturated carbocycles. The quantitative estimate of drug-likeness (QED) is 0.679. The Morgan fingerprint density at radius 1 is 1.24 bits per heavy atom. The Balaban J connectivity index is 2.13. The van der Waals surface area contributed by atoms with Crippen LogP contribution in [-0.4, -0.2) is 7.05 Å². The van der Waals surface area contributed by atoms with Gasteiger partial charge in [-0.15, -0.1) is 0 Å². The minimum absolute atomic E-state index is 0.218. The van der Waals surface area contributed by atoms with Gasteiger partial charge >= 0.3 is 0 Å². The first-order valence-corrected chi connectivity index (χ1v) is 7.57. The van der Waals surface area contributed by atoms with Gasteiger partial charge in [0.25, 0.3) is 0 Å². The van der Waals surface area contributed by atoms with Crippen LogP contribution in [-0.2, 0) is 0 Å². The van der Waals surface area contributed by atoms with Gasteiger partial charge in [-0.05, 0) is 42.9 Å². The lowest BCUT2D eigenvalue weighted by atomic mass is 10.0. The summed E-state index contributed by atoms with van der Waals surface area (Å²) in [5.41, 5.74) is 1.20. The van der Waals surface area contributed by atoms with Gasteiger partial charge in [-0.25, -0.2) is 4.39 Å². The first-order chi connectivity index (χ1) is 10.1. The van der Waals surface area contributed by atoms with Crippen LogP contribution in [0.4, 0.5) is 4.39 Å². The summed E-state index contributed by atoms with van der Waals surface area (Å²) in [6.45, 7) is 0. The van der Waals surface area contributed by atoms with E-state index in [-0.39, 0.29) is 17.4 Å². The Morgan fingerprint density at radius 3 is 2.76 bits per heavy atom. The molecule has 0 fully saturated rings. The Hall–Kier alpha value is -1.36. The molecular formula is C16H12BrClFNO. The minimum Gasteiger partial charge on any atom is -0.456 e. The Morgan fingerprint density at radius 2 is 2.05 bits per heavy atom. The molecule has 1 unspecified atom stereocenters. The van der Waals surface area contributed by atoms with Crippen molar-refractivity contribution in [1.82, 2.24) is 5.32 Å². The van der Waals surface area contributed by atoms with Crippen LogP contribution in [0.25, 0.3) is 11.0 Å². The van der Waals surface area contributed by atoms with Gasteiger partial charge in [0.2, 0.25) is 0 Å². The van der Waals surface area contributed by atoms with Crippen LogP contribution in [0.3, 0.4) is 0 Å². The van der Waals surface area contributed by atoms with Crippen molar-refractivity contribution in [1.29, 1.82) is 0 Å². The largest absolute Gasteiger partial charge is 0.456 e. The fourth-order valence-corrected chi connectivity index (χ4v) is 3.03. The predicted octanol–water partition coefficient (Wildman–Crippen LogP) is 5.30. The zero-order chi connectivity index (χ0) is 15.0. The molecule has 0 radical (unpaired) electrons. The summed E-state index contributed by atoms with van der Waals surface area (Å²) < 4.78 is 20.4. The van der Waals surface area contributed by atoms with Crippen molar-refractivity contribution in [2.24, 2.45) is 0 Å². The molecule has 0 spiro atoms. The number of para-hydroxylation sites is 1. The molecule has 2 aromatic carbocycles. The molecule has 108 valence electrons. The van der Waals surface area contributed by atoms with Crippen molar-refractivity contribution in [3.8, 4) is 0 Å². The number of rotatable bonds is 3. The lowest BCUT2D eigenvalue weighted by Gasteiger charge is -2.16. The molecule has 0 bridgehead atoms. The summed E-state index contributed by atoms with van der Waals surface area (Å²) in [5, 5.41) is 4.55. The summed E-state index contributed by atoms with van der Waals surface area (Å²) in [6, 6.07) is 12.0. The van der Waals surface area contributed by atoms with E-state index in [0.717, 1.165) is 15.4 Å². The van der Waals surface area contributed by atoms with Gasteiger partial charge in [0.15, 0.2) is 11.4 Å². The van der Waals surface area contributed by atoms with Crippen LogP contribution in [0.5, 0.6) is 0 Å². The highest BCUT2D eigenvalue weighted by atomic mass is 79.9. The number of furan rings is 1. The SMILES string of the molecule is CNC(c1cc2cccc(F)c2o1)c1cc(Cl)ccc1Br. The smallest absolute Gasteiger partial charge is 0.169 e. The molecule has 5 heteroatoms. The molecule has 0 saturated heterocycles. The second kappa shape index (κ2) is 5.79. The fourth-order valence-electron chi connectivity index (χ4n) is 2.38. The molecule has 0 aliphatic rings. The van der Waals surface area contributed by atoms with E-state index in [0.29, 0.717) is 10.8 Å². The third-order valence-corrected chi connectivity index (χ3v) is 4.31. The van der Waals surface area contributed by atoms with E-state index in [2.05, 4.69) is 21.2 Å². The van der Waals surface area contributed by atoms with Gasteiger partial charge in [-0.2, -0.15) is 0 Å². The number of benzene rings is 2. The van der Waals surface area contributed by atoms with Crippen molar-refractivity contribution < 1.29 is 8.81 Å². The van der Waals surface area contributed by atoms with E-state index >= 15 is 0 Å². The third-order valence-electron chi connectivity index (χ3n) is 3.36. The van der Waals surface area contributed by atoms with E-state index in [9.17, 15) is 4.39 Å². The maximum atomic E-state index is 13.8. The standard InChI is InChI=1S/C16H12BrClFNO/c1-20-15(11-8-10(18)5-6-12(11)17)14-7-9-3-2-4-13(19)16(9)21-14/h2-8,15,20H,1H3. The van der Waals surface area contributed by atoms with Crippen LogP contribution < -0.4 is 5.32 Å². The van der Waals surface area contributed by atoms with Gasteiger partial charge < -0.3 is 9.73 Å². The molecule has 3 aromatic rings. The summed E-state index contributed by atoms with van der Waals surface area (Å²) >= 11 is 9.58. The first kappa shape index (κ1) is 14.6. The maximum Gasteiger partial charge on any atom is 0.169 e. The first-order valence-electron chi connectivity index (χ1n) is 6.40. The predicted molar refractivity (Wildman–Crippen MR) is 86.2 cm³/mol. The number of halogens is 3. The van der Waals surface area contributed by atoms with Crippen molar-refractivity contribution in [3.05, 3.63) is 69.1 Å². The van der Waals surface area contributed by atoms with Crippen LogP contribution in [0.2, 0.25) is 5.02 Å². The zero-order valence-electron chi connectivity index (χ0n) is 11.2. The summed E-state index contributed by atoms with van der Waals surface area (Å²) in [4.78, 5) is 0. The fraction of sp³-hybridized carbons (Fsp3) is 0.125.